The molecule has 7 nitrogen and oxygen atoms in total. The van der Waals surface area contributed by atoms with Crippen molar-refractivity contribution in [2.24, 2.45) is 0 Å². The lowest BCUT2D eigenvalue weighted by Gasteiger charge is -2.29. The highest BCUT2D eigenvalue weighted by atomic mass is 35.5. The molecule has 1 heterocycles. The highest BCUT2D eigenvalue weighted by molar-refractivity contribution is 7.89. The van der Waals surface area contributed by atoms with E-state index in [4.69, 9.17) is 16.3 Å². The van der Waals surface area contributed by atoms with Gasteiger partial charge in [0.1, 0.15) is 5.82 Å². The van der Waals surface area contributed by atoms with E-state index >= 15 is 0 Å². The lowest BCUT2D eigenvalue weighted by molar-refractivity contribution is -0.116. The third-order valence-corrected chi connectivity index (χ3v) is 6.54. The van der Waals surface area contributed by atoms with E-state index in [0.717, 1.165) is 4.31 Å². The van der Waals surface area contributed by atoms with Gasteiger partial charge in [0.25, 0.3) is 0 Å². The Bertz CT molecular complexity index is 979. The molecule has 0 aliphatic carbocycles. The smallest absolute Gasteiger partial charge is 0.243 e. The SMILES string of the molecule is CN(CC(=O)Nc1ccc(N2CCOCC2)c(F)c1)S(=O)(=O)c1ccc(Cl)cc1. The van der Waals surface area contributed by atoms with Crippen LogP contribution in [0, 0.1) is 5.82 Å². The molecule has 10 heteroatoms. The van der Waals surface area contributed by atoms with Gasteiger partial charge in [-0.15, -0.1) is 0 Å². The molecule has 0 bridgehead atoms. The first-order valence-electron chi connectivity index (χ1n) is 8.91. The van der Waals surface area contributed by atoms with Gasteiger partial charge >= 0.3 is 0 Å². The van der Waals surface area contributed by atoms with Crippen LogP contribution in [0.3, 0.4) is 0 Å². The Labute approximate surface area is 174 Å². The normalized spacial score (nSPS) is 14.8. The number of amides is 1. The van der Waals surface area contributed by atoms with Crippen LogP contribution in [0.4, 0.5) is 15.8 Å². The summed E-state index contributed by atoms with van der Waals surface area (Å²) in [5, 5.41) is 2.94. The van der Waals surface area contributed by atoms with Crippen LogP contribution in [0.5, 0.6) is 0 Å². The summed E-state index contributed by atoms with van der Waals surface area (Å²) in [6, 6.07) is 10.0. The number of nitrogens with one attached hydrogen (secondary N) is 1. The van der Waals surface area contributed by atoms with Crippen LogP contribution in [0.25, 0.3) is 0 Å². The molecule has 1 saturated heterocycles. The molecule has 1 amide bonds. The number of halogens is 2. The van der Waals surface area contributed by atoms with Crippen LogP contribution in [-0.4, -0.2) is 58.5 Å². The van der Waals surface area contributed by atoms with Crippen molar-refractivity contribution in [3.63, 3.8) is 0 Å². The van der Waals surface area contributed by atoms with Crippen molar-refractivity contribution in [3.8, 4) is 0 Å². The number of anilines is 2. The van der Waals surface area contributed by atoms with E-state index in [-0.39, 0.29) is 10.6 Å². The van der Waals surface area contributed by atoms with Gasteiger partial charge in [-0.3, -0.25) is 4.79 Å². The van der Waals surface area contributed by atoms with Gasteiger partial charge in [-0.25, -0.2) is 12.8 Å². The Morgan fingerprint density at radius 3 is 2.48 bits per heavy atom. The molecule has 29 heavy (non-hydrogen) atoms. The highest BCUT2D eigenvalue weighted by Crippen LogP contribution is 2.24. The summed E-state index contributed by atoms with van der Waals surface area (Å²) in [6.07, 6.45) is 0. The summed E-state index contributed by atoms with van der Waals surface area (Å²) in [4.78, 5) is 14.2. The van der Waals surface area contributed by atoms with Gasteiger partial charge in [0.15, 0.2) is 0 Å². The lowest BCUT2D eigenvalue weighted by atomic mass is 10.2. The maximum Gasteiger partial charge on any atom is 0.243 e. The van der Waals surface area contributed by atoms with E-state index in [1.807, 2.05) is 4.90 Å². The van der Waals surface area contributed by atoms with Crippen LogP contribution in [0.2, 0.25) is 5.02 Å². The van der Waals surface area contributed by atoms with Gasteiger partial charge in [0.05, 0.1) is 30.3 Å². The maximum absolute atomic E-state index is 14.4. The van der Waals surface area contributed by atoms with E-state index in [0.29, 0.717) is 37.0 Å². The van der Waals surface area contributed by atoms with Crippen LogP contribution >= 0.6 is 11.6 Å². The quantitative estimate of drug-likeness (QED) is 0.745. The largest absolute Gasteiger partial charge is 0.378 e. The summed E-state index contributed by atoms with van der Waals surface area (Å²) in [5.41, 5.74) is 0.690. The molecule has 0 unspecified atom stereocenters. The Morgan fingerprint density at radius 1 is 1.21 bits per heavy atom. The fourth-order valence-corrected chi connectivity index (χ4v) is 4.17. The summed E-state index contributed by atoms with van der Waals surface area (Å²) >= 11 is 5.78. The average molecular weight is 442 g/mol. The molecule has 3 rings (SSSR count). The zero-order chi connectivity index (χ0) is 21.0. The lowest BCUT2D eigenvalue weighted by Crippen LogP contribution is -2.36. The van der Waals surface area contributed by atoms with Crippen molar-refractivity contribution in [2.45, 2.75) is 4.90 Å². The van der Waals surface area contributed by atoms with Gasteiger partial charge in [0, 0.05) is 30.8 Å². The minimum Gasteiger partial charge on any atom is -0.378 e. The maximum atomic E-state index is 14.4. The molecule has 1 fully saturated rings. The predicted molar refractivity (Wildman–Crippen MR) is 109 cm³/mol. The number of morpholine rings is 1. The Hall–Kier alpha value is -2.20. The molecular weight excluding hydrogens is 421 g/mol. The van der Waals surface area contributed by atoms with E-state index < -0.39 is 28.3 Å². The first-order valence-corrected chi connectivity index (χ1v) is 10.7. The first kappa shape index (κ1) is 21.5. The van der Waals surface area contributed by atoms with Crippen molar-refractivity contribution in [3.05, 3.63) is 53.3 Å². The van der Waals surface area contributed by atoms with Gasteiger partial charge < -0.3 is 15.0 Å². The van der Waals surface area contributed by atoms with Crippen molar-refractivity contribution in [1.82, 2.24) is 4.31 Å². The molecule has 0 aromatic heterocycles. The third kappa shape index (κ3) is 5.24. The molecule has 2 aromatic rings. The van der Waals surface area contributed by atoms with Crippen molar-refractivity contribution in [1.29, 1.82) is 0 Å². The summed E-state index contributed by atoms with van der Waals surface area (Å²) in [5.74, 6) is -1.05. The second-order valence-corrected chi connectivity index (χ2v) is 9.01. The fourth-order valence-electron chi connectivity index (χ4n) is 2.92. The highest BCUT2D eigenvalue weighted by Gasteiger charge is 2.23. The molecule has 1 aliphatic heterocycles. The number of benzene rings is 2. The Balaban J connectivity index is 1.64. The number of nitrogens with zero attached hydrogens (tertiary/aromatic N) is 2. The summed E-state index contributed by atoms with van der Waals surface area (Å²) < 4.78 is 45.7. The molecule has 0 atom stereocenters. The number of hydrogen-bond acceptors (Lipinski definition) is 5. The number of rotatable bonds is 6. The molecule has 0 radical (unpaired) electrons. The number of hydrogen-bond donors (Lipinski definition) is 1. The monoisotopic (exact) mass is 441 g/mol. The van der Waals surface area contributed by atoms with E-state index in [2.05, 4.69) is 5.32 Å². The zero-order valence-electron chi connectivity index (χ0n) is 15.8. The Kier molecular flexibility index (Phi) is 6.74. The zero-order valence-corrected chi connectivity index (χ0v) is 17.3. The second kappa shape index (κ2) is 9.08. The molecular formula is C19H21ClFN3O4S. The van der Waals surface area contributed by atoms with Gasteiger partial charge in [-0.1, -0.05) is 11.6 Å². The van der Waals surface area contributed by atoms with Crippen molar-refractivity contribution in [2.75, 3.05) is 50.1 Å². The molecule has 1 N–H and O–H groups in total. The third-order valence-electron chi connectivity index (χ3n) is 4.47. The number of carbonyl (C=O) groups is 1. The van der Waals surface area contributed by atoms with Crippen LogP contribution < -0.4 is 10.2 Å². The fraction of sp³-hybridized carbons (Fsp3) is 0.316. The van der Waals surface area contributed by atoms with E-state index in [1.54, 1.807) is 12.1 Å². The van der Waals surface area contributed by atoms with Crippen LogP contribution in [-0.2, 0) is 19.6 Å². The second-order valence-electron chi connectivity index (χ2n) is 6.53. The van der Waals surface area contributed by atoms with Gasteiger partial charge in [-0.05, 0) is 42.5 Å². The minimum atomic E-state index is -3.85. The Morgan fingerprint density at radius 2 is 1.86 bits per heavy atom. The first-order chi connectivity index (χ1) is 13.8. The standard InChI is InChI=1S/C19H21ClFN3O4S/c1-23(29(26,27)16-5-2-14(20)3-6-16)13-19(25)22-15-4-7-18(17(21)12-15)24-8-10-28-11-9-24/h2-7,12H,8-11,13H2,1H3,(H,22,25). The van der Waals surface area contributed by atoms with Crippen LogP contribution in [0.1, 0.15) is 0 Å². The molecule has 0 saturated carbocycles. The molecule has 2 aromatic carbocycles. The molecule has 156 valence electrons. The van der Waals surface area contributed by atoms with Gasteiger partial charge in [0.2, 0.25) is 15.9 Å². The summed E-state index contributed by atoms with van der Waals surface area (Å²) in [6.45, 7) is 1.84. The molecule has 1 aliphatic rings. The van der Waals surface area contributed by atoms with Gasteiger partial charge in [-0.2, -0.15) is 4.31 Å². The van der Waals surface area contributed by atoms with Crippen molar-refractivity contribution >= 4 is 38.9 Å². The number of carbonyl (C=O) groups excluding carboxylic acids is 1. The predicted octanol–water partition coefficient (Wildman–Crippen LogP) is 2.57. The number of ether oxygens (including phenoxy) is 1. The topological polar surface area (TPSA) is 79.0 Å². The van der Waals surface area contributed by atoms with Crippen molar-refractivity contribution < 1.29 is 22.3 Å². The number of likely N-dealkylation sites (N-methyl/N-ethyl adjacent to an activating group) is 1. The number of sulfonamides is 1. The minimum absolute atomic E-state index is 0.0260. The van der Waals surface area contributed by atoms with E-state index in [1.165, 1.54) is 37.4 Å². The average Bonchev–Trinajstić information content (AvgIpc) is 2.69. The summed E-state index contributed by atoms with van der Waals surface area (Å²) in [7, 11) is -2.55. The van der Waals surface area contributed by atoms with Crippen LogP contribution in [0.15, 0.2) is 47.4 Å². The molecule has 0 spiro atoms. The van der Waals surface area contributed by atoms with E-state index in [9.17, 15) is 17.6 Å².